The number of rotatable bonds is 6. The van der Waals surface area contributed by atoms with Crippen LogP contribution in [-0.2, 0) is 11.2 Å². The summed E-state index contributed by atoms with van der Waals surface area (Å²) in [5, 5.41) is 10.2. The molecule has 25 heavy (non-hydrogen) atoms. The normalized spacial score (nSPS) is 20.0. The molecule has 1 fully saturated rings. The molecule has 2 aromatic heterocycles. The van der Waals surface area contributed by atoms with Gasteiger partial charge in [0.05, 0.1) is 24.9 Å². The van der Waals surface area contributed by atoms with Crippen molar-refractivity contribution in [3.05, 3.63) is 41.5 Å². The standard InChI is InChI=1S/C18H24N4O3/c1-11(2)20-18(23)16-8-14(4-5-19-16)21-17-10-24-9-13(17)7-15-6-12(3)22-25-15/h4-6,8,11,13,17H,7,9-10H2,1-3H3,(H,19,21)(H,20,23)/t13-,17+/m1/s1. The first kappa shape index (κ1) is 17.4. The molecule has 2 atom stereocenters. The van der Waals surface area contributed by atoms with E-state index in [2.05, 4.69) is 20.8 Å². The minimum atomic E-state index is -0.171. The maximum absolute atomic E-state index is 12.1. The zero-order valence-electron chi connectivity index (χ0n) is 14.8. The molecule has 0 unspecified atom stereocenters. The van der Waals surface area contributed by atoms with E-state index in [1.165, 1.54) is 0 Å². The van der Waals surface area contributed by atoms with Gasteiger partial charge in [-0.3, -0.25) is 9.78 Å². The molecule has 7 nitrogen and oxygen atoms in total. The Morgan fingerprint density at radius 2 is 2.20 bits per heavy atom. The van der Waals surface area contributed by atoms with Gasteiger partial charge < -0.3 is 19.9 Å². The van der Waals surface area contributed by atoms with E-state index in [4.69, 9.17) is 9.26 Å². The topological polar surface area (TPSA) is 89.3 Å². The zero-order chi connectivity index (χ0) is 17.8. The van der Waals surface area contributed by atoms with Gasteiger partial charge in [0.15, 0.2) is 0 Å². The zero-order valence-corrected chi connectivity index (χ0v) is 14.8. The number of pyridine rings is 1. The predicted molar refractivity (Wildman–Crippen MR) is 93.5 cm³/mol. The molecule has 2 aromatic rings. The number of nitrogens with zero attached hydrogens (tertiary/aromatic N) is 2. The molecule has 1 amide bonds. The highest BCUT2D eigenvalue weighted by atomic mass is 16.5. The van der Waals surface area contributed by atoms with Crippen LogP contribution in [-0.4, -0.2) is 41.3 Å². The first-order valence-electron chi connectivity index (χ1n) is 8.54. The largest absolute Gasteiger partial charge is 0.379 e. The van der Waals surface area contributed by atoms with Crippen LogP contribution in [0.1, 0.15) is 35.8 Å². The number of hydrogen-bond donors (Lipinski definition) is 2. The molecule has 0 aromatic carbocycles. The Morgan fingerprint density at radius 1 is 1.36 bits per heavy atom. The average Bonchev–Trinajstić information content (AvgIpc) is 3.17. The summed E-state index contributed by atoms with van der Waals surface area (Å²) < 4.78 is 10.9. The third-order valence-electron chi connectivity index (χ3n) is 4.10. The molecule has 134 valence electrons. The van der Waals surface area contributed by atoms with E-state index < -0.39 is 0 Å². The lowest BCUT2D eigenvalue weighted by Crippen LogP contribution is -2.31. The minimum Gasteiger partial charge on any atom is -0.379 e. The summed E-state index contributed by atoms with van der Waals surface area (Å²) in [6.45, 7) is 7.04. The third kappa shape index (κ3) is 4.57. The highest BCUT2D eigenvalue weighted by Gasteiger charge is 2.29. The number of aromatic nitrogens is 2. The molecule has 0 aliphatic carbocycles. The van der Waals surface area contributed by atoms with Crippen molar-refractivity contribution < 1.29 is 14.1 Å². The Labute approximate surface area is 147 Å². The molecule has 0 radical (unpaired) electrons. The molecule has 0 bridgehead atoms. The van der Waals surface area contributed by atoms with Gasteiger partial charge in [0, 0.05) is 36.3 Å². The van der Waals surface area contributed by atoms with Crippen LogP contribution in [0.3, 0.4) is 0 Å². The summed E-state index contributed by atoms with van der Waals surface area (Å²) in [6, 6.07) is 5.81. The van der Waals surface area contributed by atoms with Crippen LogP contribution in [0.15, 0.2) is 28.9 Å². The van der Waals surface area contributed by atoms with Crippen molar-refractivity contribution in [2.24, 2.45) is 5.92 Å². The fourth-order valence-electron chi connectivity index (χ4n) is 2.92. The molecule has 1 saturated heterocycles. The number of nitrogens with one attached hydrogen (secondary N) is 2. The first-order valence-corrected chi connectivity index (χ1v) is 8.54. The van der Waals surface area contributed by atoms with E-state index in [1.807, 2.05) is 32.9 Å². The van der Waals surface area contributed by atoms with Crippen LogP contribution < -0.4 is 10.6 Å². The number of anilines is 1. The van der Waals surface area contributed by atoms with E-state index in [9.17, 15) is 4.79 Å². The summed E-state index contributed by atoms with van der Waals surface area (Å²) in [6.07, 6.45) is 2.41. The van der Waals surface area contributed by atoms with E-state index in [0.29, 0.717) is 18.9 Å². The number of ether oxygens (including phenoxy) is 1. The van der Waals surface area contributed by atoms with Gasteiger partial charge in [-0.05, 0) is 32.9 Å². The van der Waals surface area contributed by atoms with Crippen molar-refractivity contribution in [3.8, 4) is 0 Å². The van der Waals surface area contributed by atoms with E-state index in [1.54, 1.807) is 12.3 Å². The van der Waals surface area contributed by atoms with Gasteiger partial charge in [-0.1, -0.05) is 5.16 Å². The lowest BCUT2D eigenvalue weighted by atomic mass is 9.98. The van der Waals surface area contributed by atoms with Crippen LogP contribution in [0.25, 0.3) is 0 Å². The third-order valence-corrected chi connectivity index (χ3v) is 4.10. The van der Waals surface area contributed by atoms with E-state index in [-0.39, 0.29) is 23.9 Å². The summed E-state index contributed by atoms with van der Waals surface area (Å²) in [5.74, 6) is 0.981. The maximum atomic E-state index is 12.1. The van der Waals surface area contributed by atoms with Crippen molar-refractivity contribution in [2.75, 3.05) is 18.5 Å². The van der Waals surface area contributed by atoms with Crippen molar-refractivity contribution in [1.29, 1.82) is 0 Å². The van der Waals surface area contributed by atoms with Gasteiger partial charge >= 0.3 is 0 Å². The number of carbonyl (C=O) groups is 1. The van der Waals surface area contributed by atoms with Gasteiger partial charge in [-0.25, -0.2) is 0 Å². The highest BCUT2D eigenvalue weighted by Crippen LogP contribution is 2.23. The van der Waals surface area contributed by atoms with Gasteiger partial charge in [0.1, 0.15) is 11.5 Å². The lowest BCUT2D eigenvalue weighted by Gasteiger charge is -2.19. The molecule has 7 heteroatoms. The van der Waals surface area contributed by atoms with Crippen molar-refractivity contribution in [1.82, 2.24) is 15.5 Å². The number of aryl methyl sites for hydroxylation is 1. The van der Waals surface area contributed by atoms with Gasteiger partial charge in [-0.2, -0.15) is 0 Å². The Bertz CT molecular complexity index is 729. The molecule has 1 aliphatic heterocycles. The second-order valence-corrected chi connectivity index (χ2v) is 6.75. The molecule has 1 aliphatic rings. The van der Waals surface area contributed by atoms with Crippen molar-refractivity contribution in [3.63, 3.8) is 0 Å². The molecule has 0 saturated carbocycles. The fraction of sp³-hybridized carbons (Fsp3) is 0.500. The molecule has 3 rings (SSSR count). The molecule has 3 heterocycles. The number of hydrogen-bond acceptors (Lipinski definition) is 6. The fourth-order valence-corrected chi connectivity index (χ4v) is 2.92. The summed E-state index contributed by atoms with van der Waals surface area (Å²) in [4.78, 5) is 16.3. The Balaban J connectivity index is 1.65. The maximum Gasteiger partial charge on any atom is 0.270 e. The second-order valence-electron chi connectivity index (χ2n) is 6.75. The van der Waals surface area contributed by atoms with Crippen LogP contribution in [0.2, 0.25) is 0 Å². The Kier molecular flexibility index (Phi) is 5.33. The predicted octanol–water partition coefficient (Wildman–Crippen LogP) is 2.19. The van der Waals surface area contributed by atoms with Gasteiger partial charge in [0.2, 0.25) is 0 Å². The molecule has 0 spiro atoms. The van der Waals surface area contributed by atoms with Crippen LogP contribution in [0.5, 0.6) is 0 Å². The van der Waals surface area contributed by atoms with Crippen molar-refractivity contribution in [2.45, 2.75) is 39.3 Å². The van der Waals surface area contributed by atoms with Crippen molar-refractivity contribution >= 4 is 11.6 Å². The summed E-state index contributed by atoms with van der Waals surface area (Å²) >= 11 is 0. The monoisotopic (exact) mass is 344 g/mol. The average molecular weight is 344 g/mol. The SMILES string of the molecule is Cc1cc(C[C@@H]2COC[C@@H]2Nc2ccnc(C(=O)NC(C)C)c2)on1. The minimum absolute atomic E-state index is 0.0730. The van der Waals surface area contributed by atoms with E-state index >= 15 is 0 Å². The highest BCUT2D eigenvalue weighted by molar-refractivity contribution is 5.93. The molecular formula is C18H24N4O3. The second kappa shape index (κ2) is 7.65. The smallest absolute Gasteiger partial charge is 0.270 e. The van der Waals surface area contributed by atoms with Crippen LogP contribution in [0, 0.1) is 12.8 Å². The van der Waals surface area contributed by atoms with Crippen LogP contribution >= 0.6 is 0 Å². The first-order chi connectivity index (χ1) is 12.0. The quantitative estimate of drug-likeness (QED) is 0.835. The van der Waals surface area contributed by atoms with Gasteiger partial charge in [-0.15, -0.1) is 0 Å². The molecular weight excluding hydrogens is 320 g/mol. The Hall–Kier alpha value is -2.41. The number of amides is 1. The Morgan fingerprint density at radius 3 is 2.92 bits per heavy atom. The van der Waals surface area contributed by atoms with E-state index in [0.717, 1.165) is 23.6 Å². The van der Waals surface area contributed by atoms with Crippen LogP contribution in [0.4, 0.5) is 5.69 Å². The summed E-state index contributed by atoms with van der Waals surface area (Å²) in [5.41, 5.74) is 2.14. The van der Waals surface area contributed by atoms with Gasteiger partial charge in [0.25, 0.3) is 5.91 Å². The number of carbonyl (C=O) groups excluding carboxylic acids is 1. The molecule has 2 N–H and O–H groups in total. The lowest BCUT2D eigenvalue weighted by molar-refractivity contribution is 0.0938. The summed E-state index contributed by atoms with van der Waals surface area (Å²) in [7, 11) is 0.